The number of carbonyl (C=O) groups is 1. The van der Waals surface area contributed by atoms with Gasteiger partial charge in [0.1, 0.15) is 6.10 Å². The summed E-state index contributed by atoms with van der Waals surface area (Å²) in [5.41, 5.74) is 0.113. The average molecular weight is 481 g/mol. The summed E-state index contributed by atoms with van der Waals surface area (Å²) in [5, 5.41) is 8.81. The van der Waals surface area contributed by atoms with Crippen LogP contribution in [0.3, 0.4) is 0 Å². The van der Waals surface area contributed by atoms with Crippen LogP contribution in [0.25, 0.3) is 0 Å². The summed E-state index contributed by atoms with van der Waals surface area (Å²) in [6.45, 7) is 4.70. The first-order valence-electron chi connectivity index (χ1n) is 9.65. The van der Waals surface area contributed by atoms with Crippen LogP contribution in [-0.2, 0) is 9.53 Å². The van der Waals surface area contributed by atoms with E-state index in [9.17, 15) is 44.3 Å². The molecule has 0 aromatic carbocycles. The highest BCUT2D eigenvalue weighted by Gasteiger charge is 2.81. The number of ether oxygens (including phenoxy) is 1. The molecule has 32 heavy (non-hydrogen) atoms. The van der Waals surface area contributed by atoms with Gasteiger partial charge in [0, 0.05) is 6.92 Å². The van der Waals surface area contributed by atoms with Crippen LogP contribution >= 0.6 is 0 Å². The minimum Gasteiger partial charge on any atom is -0.457 e. The van der Waals surface area contributed by atoms with Crippen molar-refractivity contribution in [2.75, 3.05) is 0 Å². The molecular weight excluding hydrogens is 457 g/mol. The molecule has 0 saturated heterocycles. The largest absolute Gasteiger partial charge is 0.460 e. The Morgan fingerprint density at radius 3 is 1.91 bits per heavy atom. The fourth-order valence-corrected chi connectivity index (χ4v) is 2.60. The summed E-state index contributed by atoms with van der Waals surface area (Å²) in [6.07, 6.45) is -4.23. The van der Waals surface area contributed by atoms with Crippen LogP contribution in [0.1, 0.15) is 58.3 Å². The van der Waals surface area contributed by atoms with Gasteiger partial charge in [-0.15, -0.1) is 0 Å². The molecule has 1 unspecified atom stereocenters. The number of esters is 1. The van der Waals surface area contributed by atoms with Gasteiger partial charge in [-0.2, -0.15) is 44.8 Å². The standard InChI is InChI=1S/C20H24F9NO2/c1-14(13-30)16(32-15(2)31)11-9-7-5-3-4-6-8-10-12-17(21,22)18(23,24)19(25,26)20(27,28)29/h10,12,16H,1,3-9,11H2,2H3/b12-10+. The fourth-order valence-electron chi connectivity index (χ4n) is 2.60. The molecule has 0 saturated carbocycles. The van der Waals surface area contributed by atoms with Gasteiger partial charge in [0.15, 0.2) is 0 Å². The Balaban J connectivity index is 4.32. The number of nitriles is 1. The zero-order valence-corrected chi connectivity index (χ0v) is 17.3. The molecule has 0 aliphatic heterocycles. The maximum atomic E-state index is 13.3. The maximum absolute atomic E-state index is 13.3. The predicted octanol–water partition coefficient (Wildman–Crippen LogP) is 7.14. The number of halogens is 9. The maximum Gasteiger partial charge on any atom is 0.460 e. The van der Waals surface area contributed by atoms with E-state index in [-0.39, 0.29) is 18.4 Å². The van der Waals surface area contributed by atoms with Crippen molar-refractivity contribution in [2.24, 2.45) is 0 Å². The second-order valence-electron chi connectivity index (χ2n) is 7.11. The van der Waals surface area contributed by atoms with Gasteiger partial charge in [-0.05, 0) is 31.8 Å². The molecule has 0 spiro atoms. The summed E-state index contributed by atoms with van der Waals surface area (Å²) in [5.74, 6) is -19.8. The lowest BCUT2D eigenvalue weighted by molar-refractivity contribution is -0.388. The van der Waals surface area contributed by atoms with Crippen molar-refractivity contribution in [3.05, 3.63) is 24.3 Å². The quantitative estimate of drug-likeness (QED) is 0.0871. The van der Waals surface area contributed by atoms with E-state index < -0.39 is 42.1 Å². The van der Waals surface area contributed by atoms with Gasteiger partial charge in [-0.25, -0.2) is 0 Å². The molecular formula is C20H24F9NO2. The van der Waals surface area contributed by atoms with E-state index in [0.29, 0.717) is 44.6 Å². The Morgan fingerprint density at radius 2 is 1.44 bits per heavy atom. The molecule has 0 aromatic heterocycles. The van der Waals surface area contributed by atoms with Gasteiger partial charge in [0.25, 0.3) is 0 Å². The second-order valence-corrected chi connectivity index (χ2v) is 7.11. The lowest BCUT2D eigenvalue weighted by Crippen LogP contribution is -2.60. The number of hydrogen-bond donors (Lipinski definition) is 0. The van der Waals surface area contributed by atoms with Gasteiger partial charge < -0.3 is 4.74 Å². The van der Waals surface area contributed by atoms with Crippen molar-refractivity contribution >= 4 is 5.97 Å². The lowest BCUT2D eigenvalue weighted by Gasteiger charge is -2.32. The first-order chi connectivity index (χ1) is 14.5. The Kier molecular flexibility index (Phi) is 11.3. The Hall–Kier alpha value is -2.19. The number of nitrogens with zero attached hydrogens (tertiary/aromatic N) is 1. The van der Waals surface area contributed by atoms with Crippen LogP contribution in [0.2, 0.25) is 0 Å². The predicted molar refractivity (Wildman–Crippen MR) is 97.3 cm³/mol. The summed E-state index contributed by atoms with van der Waals surface area (Å²) in [6, 6.07) is 1.81. The van der Waals surface area contributed by atoms with Gasteiger partial charge in [-0.1, -0.05) is 38.3 Å². The monoisotopic (exact) mass is 481 g/mol. The molecule has 0 aliphatic carbocycles. The highest BCUT2D eigenvalue weighted by molar-refractivity contribution is 5.66. The number of rotatable bonds is 14. The minimum atomic E-state index is -6.89. The zero-order valence-electron chi connectivity index (χ0n) is 17.3. The lowest BCUT2D eigenvalue weighted by atomic mass is 10.0. The normalized spacial score (nSPS) is 14.3. The molecule has 184 valence electrons. The average Bonchev–Trinajstić information content (AvgIpc) is 2.66. The highest BCUT2D eigenvalue weighted by Crippen LogP contribution is 2.53. The minimum absolute atomic E-state index is 0.113. The van der Waals surface area contributed by atoms with E-state index in [1.807, 2.05) is 6.07 Å². The first kappa shape index (κ1) is 29.8. The van der Waals surface area contributed by atoms with Gasteiger partial charge in [0.2, 0.25) is 0 Å². The van der Waals surface area contributed by atoms with Crippen molar-refractivity contribution < 1.29 is 49.0 Å². The third-order valence-electron chi connectivity index (χ3n) is 4.42. The van der Waals surface area contributed by atoms with Crippen LogP contribution in [-0.4, -0.2) is 36.0 Å². The van der Waals surface area contributed by atoms with Crippen molar-refractivity contribution in [2.45, 2.75) is 88.3 Å². The zero-order chi connectivity index (χ0) is 25.2. The van der Waals surface area contributed by atoms with Crippen molar-refractivity contribution in [3.8, 4) is 6.07 Å². The molecule has 0 amide bonds. The molecule has 0 fully saturated rings. The Bertz CT molecular complexity index is 694. The van der Waals surface area contributed by atoms with Gasteiger partial charge in [0.05, 0.1) is 11.6 Å². The molecule has 1 atom stereocenters. The van der Waals surface area contributed by atoms with Crippen molar-refractivity contribution in [3.63, 3.8) is 0 Å². The molecule has 12 heteroatoms. The summed E-state index contributed by atoms with van der Waals surface area (Å²) >= 11 is 0. The van der Waals surface area contributed by atoms with E-state index in [1.54, 1.807) is 0 Å². The van der Waals surface area contributed by atoms with Crippen LogP contribution < -0.4 is 0 Å². The third kappa shape index (κ3) is 8.39. The number of hydrogen-bond acceptors (Lipinski definition) is 3. The van der Waals surface area contributed by atoms with Crippen LogP contribution in [0.4, 0.5) is 39.5 Å². The summed E-state index contributed by atoms with van der Waals surface area (Å²) < 4.78 is 119. The molecule has 0 radical (unpaired) electrons. The summed E-state index contributed by atoms with van der Waals surface area (Å²) in [4.78, 5) is 11.0. The van der Waals surface area contributed by atoms with Crippen molar-refractivity contribution in [1.29, 1.82) is 5.26 Å². The molecule has 0 aliphatic rings. The molecule has 0 aromatic rings. The van der Waals surface area contributed by atoms with E-state index in [1.165, 1.54) is 6.92 Å². The number of alkyl halides is 9. The SMILES string of the molecule is C=C(C#N)C(CCCCCCCC/C=C/C(F)(F)C(F)(F)C(F)(F)C(F)(F)F)OC(C)=O. The molecule has 0 bridgehead atoms. The molecule has 3 nitrogen and oxygen atoms in total. The molecule has 0 N–H and O–H groups in total. The molecule has 0 rings (SSSR count). The molecule has 0 heterocycles. The third-order valence-corrected chi connectivity index (χ3v) is 4.42. The van der Waals surface area contributed by atoms with E-state index in [2.05, 4.69) is 6.58 Å². The van der Waals surface area contributed by atoms with E-state index >= 15 is 0 Å². The van der Waals surface area contributed by atoms with Crippen molar-refractivity contribution in [1.82, 2.24) is 0 Å². The highest BCUT2D eigenvalue weighted by atomic mass is 19.4. The Morgan fingerprint density at radius 1 is 0.938 bits per heavy atom. The van der Waals surface area contributed by atoms with Crippen LogP contribution in [0, 0.1) is 11.3 Å². The first-order valence-corrected chi connectivity index (χ1v) is 9.65. The fraction of sp³-hybridized carbons (Fsp3) is 0.700. The van der Waals surface area contributed by atoms with E-state index in [4.69, 9.17) is 10.00 Å². The van der Waals surface area contributed by atoms with E-state index in [0.717, 1.165) is 0 Å². The number of unbranched alkanes of at least 4 members (excludes halogenated alkanes) is 6. The summed E-state index contributed by atoms with van der Waals surface area (Å²) in [7, 11) is 0. The van der Waals surface area contributed by atoms with Crippen LogP contribution in [0.5, 0.6) is 0 Å². The van der Waals surface area contributed by atoms with Gasteiger partial charge in [-0.3, -0.25) is 4.79 Å². The second kappa shape index (κ2) is 12.2. The Labute approximate surface area is 179 Å². The number of allylic oxidation sites excluding steroid dienone is 2. The smallest absolute Gasteiger partial charge is 0.457 e. The van der Waals surface area contributed by atoms with Gasteiger partial charge >= 0.3 is 29.9 Å². The topological polar surface area (TPSA) is 50.1 Å². The van der Waals surface area contributed by atoms with Crippen LogP contribution in [0.15, 0.2) is 24.3 Å². The number of carbonyl (C=O) groups excluding carboxylic acids is 1.